The first-order valence-corrected chi connectivity index (χ1v) is 9.55. The third-order valence-corrected chi connectivity index (χ3v) is 5.76. The van der Waals surface area contributed by atoms with E-state index in [4.69, 9.17) is 0 Å². The third-order valence-electron chi connectivity index (χ3n) is 5.76. The number of fused-ring (bicyclic) bond motifs is 1. The SMILES string of the molecule is Cc1cc(N2CCN(CCC3CCCCN3C)CC2)n2ncnc2n1. The summed E-state index contributed by atoms with van der Waals surface area (Å²) in [6.45, 7) is 8.83. The molecule has 0 amide bonds. The van der Waals surface area contributed by atoms with Gasteiger partial charge in [0.2, 0.25) is 0 Å². The van der Waals surface area contributed by atoms with Gasteiger partial charge >= 0.3 is 0 Å². The molecule has 2 fully saturated rings. The molecule has 25 heavy (non-hydrogen) atoms. The summed E-state index contributed by atoms with van der Waals surface area (Å²) >= 11 is 0. The van der Waals surface area contributed by atoms with E-state index in [1.165, 1.54) is 38.8 Å². The van der Waals surface area contributed by atoms with Crippen LogP contribution in [0.2, 0.25) is 0 Å². The van der Waals surface area contributed by atoms with E-state index >= 15 is 0 Å². The first kappa shape index (κ1) is 16.7. The van der Waals surface area contributed by atoms with E-state index in [1.54, 1.807) is 6.33 Å². The van der Waals surface area contributed by atoms with Gasteiger partial charge in [0.25, 0.3) is 5.78 Å². The monoisotopic (exact) mass is 343 g/mol. The number of aromatic nitrogens is 4. The fraction of sp³-hybridized carbons (Fsp3) is 0.722. The first-order chi connectivity index (χ1) is 12.2. The van der Waals surface area contributed by atoms with Gasteiger partial charge in [-0.2, -0.15) is 14.6 Å². The van der Waals surface area contributed by atoms with Crippen LogP contribution in [0.5, 0.6) is 0 Å². The molecule has 7 heteroatoms. The molecule has 2 aliphatic rings. The minimum atomic E-state index is 0.692. The summed E-state index contributed by atoms with van der Waals surface area (Å²) in [5.41, 5.74) is 0.998. The summed E-state index contributed by atoms with van der Waals surface area (Å²) in [6, 6.07) is 2.90. The van der Waals surface area contributed by atoms with E-state index in [0.717, 1.165) is 43.7 Å². The lowest BCUT2D eigenvalue weighted by Crippen LogP contribution is -2.48. The maximum atomic E-state index is 4.44. The van der Waals surface area contributed by atoms with Gasteiger partial charge in [0.05, 0.1) is 0 Å². The van der Waals surface area contributed by atoms with E-state index in [-0.39, 0.29) is 0 Å². The van der Waals surface area contributed by atoms with Crippen molar-refractivity contribution in [3.8, 4) is 0 Å². The lowest BCUT2D eigenvalue weighted by Gasteiger charge is -2.38. The minimum absolute atomic E-state index is 0.692. The van der Waals surface area contributed by atoms with Gasteiger partial charge in [-0.1, -0.05) is 6.42 Å². The zero-order valence-corrected chi connectivity index (χ0v) is 15.4. The molecular weight excluding hydrogens is 314 g/mol. The van der Waals surface area contributed by atoms with Crippen molar-refractivity contribution in [2.45, 2.75) is 38.6 Å². The van der Waals surface area contributed by atoms with Crippen molar-refractivity contribution in [1.29, 1.82) is 0 Å². The first-order valence-electron chi connectivity index (χ1n) is 9.55. The summed E-state index contributed by atoms with van der Waals surface area (Å²) in [5, 5.41) is 4.34. The van der Waals surface area contributed by atoms with Gasteiger partial charge in [0.15, 0.2) is 0 Å². The van der Waals surface area contributed by atoms with Gasteiger partial charge in [-0.15, -0.1) is 0 Å². The maximum Gasteiger partial charge on any atom is 0.254 e. The van der Waals surface area contributed by atoms with Crippen LogP contribution < -0.4 is 4.90 Å². The fourth-order valence-electron chi connectivity index (χ4n) is 4.18. The number of anilines is 1. The van der Waals surface area contributed by atoms with Crippen molar-refractivity contribution in [2.24, 2.45) is 0 Å². The lowest BCUT2D eigenvalue weighted by atomic mass is 10.00. The van der Waals surface area contributed by atoms with Crippen molar-refractivity contribution in [3.63, 3.8) is 0 Å². The highest BCUT2D eigenvalue weighted by atomic mass is 15.4. The molecule has 0 saturated carbocycles. The summed E-state index contributed by atoms with van der Waals surface area (Å²) < 4.78 is 1.86. The van der Waals surface area contributed by atoms with Gasteiger partial charge in [0, 0.05) is 44.0 Å². The highest BCUT2D eigenvalue weighted by Gasteiger charge is 2.23. The van der Waals surface area contributed by atoms with Crippen LogP contribution in [-0.2, 0) is 0 Å². The Balaban J connectivity index is 1.34. The summed E-state index contributed by atoms with van der Waals surface area (Å²) in [4.78, 5) is 16.3. The van der Waals surface area contributed by atoms with Crippen LogP contribution in [0.25, 0.3) is 5.78 Å². The molecule has 0 spiro atoms. The molecule has 0 N–H and O–H groups in total. The Labute approximate surface area is 149 Å². The number of hydrogen-bond donors (Lipinski definition) is 0. The summed E-state index contributed by atoms with van der Waals surface area (Å²) in [6.07, 6.45) is 7.03. The molecule has 0 radical (unpaired) electrons. The molecule has 1 atom stereocenters. The lowest BCUT2D eigenvalue weighted by molar-refractivity contribution is 0.151. The number of aryl methyl sites for hydroxylation is 1. The Morgan fingerprint density at radius 3 is 2.76 bits per heavy atom. The van der Waals surface area contributed by atoms with Crippen LogP contribution in [0.4, 0.5) is 5.82 Å². The van der Waals surface area contributed by atoms with Crippen LogP contribution in [0.1, 0.15) is 31.4 Å². The number of likely N-dealkylation sites (tertiary alicyclic amines) is 1. The quantitative estimate of drug-likeness (QED) is 0.837. The zero-order valence-electron chi connectivity index (χ0n) is 15.4. The molecule has 2 aromatic heterocycles. The normalized spacial score (nSPS) is 23.4. The Morgan fingerprint density at radius 2 is 1.96 bits per heavy atom. The van der Waals surface area contributed by atoms with E-state index in [0.29, 0.717) is 5.78 Å². The molecule has 2 saturated heterocycles. The average molecular weight is 343 g/mol. The van der Waals surface area contributed by atoms with E-state index in [9.17, 15) is 0 Å². The van der Waals surface area contributed by atoms with E-state index < -0.39 is 0 Å². The van der Waals surface area contributed by atoms with Crippen molar-refractivity contribution in [2.75, 3.05) is 51.2 Å². The molecule has 0 aromatic carbocycles. The second kappa shape index (κ2) is 7.25. The van der Waals surface area contributed by atoms with Crippen LogP contribution in [0.15, 0.2) is 12.4 Å². The van der Waals surface area contributed by atoms with Gasteiger partial charge in [-0.25, -0.2) is 4.98 Å². The molecule has 4 rings (SSSR count). The summed E-state index contributed by atoms with van der Waals surface area (Å²) in [7, 11) is 2.29. The van der Waals surface area contributed by atoms with E-state index in [2.05, 4.69) is 42.9 Å². The largest absolute Gasteiger partial charge is 0.354 e. The number of piperazine rings is 1. The molecule has 1 unspecified atom stereocenters. The highest BCUT2D eigenvalue weighted by Crippen LogP contribution is 2.20. The molecule has 0 aliphatic carbocycles. The van der Waals surface area contributed by atoms with Crippen LogP contribution in [0, 0.1) is 6.92 Å². The zero-order chi connectivity index (χ0) is 17.2. The van der Waals surface area contributed by atoms with Gasteiger partial charge in [-0.3, -0.25) is 4.90 Å². The Bertz CT molecular complexity index is 705. The third kappa shape index (κ3) is 3.62. The Morgan fingerprint density at radius 1 is 1.12 bits per heavy atom. The maximum absolute atomic E-state index is 4.44. The van der Waals surface area contributed by atoms with Crippen LogP contribution >= 0.6 is 0 Å². The molecule has 2 aliphatic heterocycles. The minimum Gasteiger partial charge on any atom is -0.354 e. The number of piperidine rings is 1. The second-order valence-electron chi connectivity index (χ2n) is 7.48. The molecule has 7 nitrogen and oxygen atoms in total. The van der Waals surface area contributed by atoms with Crippen molar-refractivity contribution in [3.05, 3.63) is 18.1 Å². The molecule has 136 valence electrons. The molecule has 0 bridgehead atoms. The average Bonchev–Trinajstić information content (AvgIpc) is 3.09. The molecular formula is C18H29N7. The molecule has 4 heterocycles. The number of nitrogens with zero attached hydrogens (tertiary/aromatic N) is 7. The number of rotatable bonds is 4. The van der Waals surface area contributed by atoms with Crippen molar-refractivity contribution in [1.82, 2.24) is 29.4 Å². The predicted molar refractivity (Wildman–Crippen MR) is 99.1 cm³/mol. The van der Waals surface area contributed by atoms with Gasteiger partial charge in [0.1, 0.15) is 12.1 Å². The Kier molecular flexibility index (Phi) is 4.85. The van der Waals surface area contributed by atoms with E-state index in [1.807, 2.05) is 11.4 Å². The van der Waals surface area contributed by atoms with Crippen molar-refractivity contribution >= 4 is 11.6 Å². The van der Waals surface area contributed by atoms with Crippen molar-refractivity contribution < 1.29 is 0 Å². The number of hydrogen-bond acceptors (Lipinski definition) is 6. The predicted octanol–water partition coefficient (Wildman–Crippen LogP) is 1.43. The summed E-state index contributed by atoms with van der Waals surface area (Å²) in [5.74, 6) is 1.81. The fourth-order valence-corrected chi connectivity index (χ4v) is 4.18. The highest BCUT2D eigenvalue weighted by molar-refractivity contribution is 5.47. The van der Waals surface area contributed by atoms with Gasteiger partial charge in [-0.05, 0) is 46.3 Å². The topological polar surface area (TPSA) is 52.8 Å². The van der Waals surface area contributed by atoms with Crippen LogP contribution in [0.3, 0.4) is 0 Å². The smallest absolute Gasteiger partial charge is 0.254 e. The van der Waals surface area contributed by atoms with Gasteiger partial charge < -0.3 is 9.80 Å². The standard InChI is InChI=1S/C18H29N7/c1-15-13-17(25-18(21-15)19-14-20-25)24-11-9-23(10-12-24)8-6-16-5-3-4-7-22(16)2/h13-14,16H,3-12H2,1-2H3. The van der Waals surface area contributed by atoms with Crippen LogP contribution in [-0.4, -0.2) is 81.7 Å². The molecule has 2 aromatic rings. The Hall–Kier alpha value is -1.73. The second-order valence-corrected chi connectivity index (χ2v) is 7.48.